The molecule has 25 heavy (non-hydrogen) atoms. The number of nitrogens with two attached hydrogens (primary N) is 2. The minimum Gasteiger partial charge on any atom is -0.507 e. The number of nitrogens with one attached hydrogen (secondary N) is 1. The van der Waals surface area contributed by atoms with E-state index in [-0.39, 0.29) is 5.75 Å². The topological polar surface area (TPSA) is 97.3 Å². The van der Waals surface area contributed by atoms with Gasteiger partial charge >= 0.3 is 0 Å². The summed E-state index contributed by atoms with van der Waals surface area (Å²) in [4.78, 5) is 3.33. The molecule has 1 aromatic heterocycles. The van der Waals surface area contributed by atoms with Crippen LogP contribution in [-0.4, -0.2) is 23.3 Å². The summed E-state index contributed by atoms with van der Waals surface area (Å²) in [7, 11) is 0. The Morgan fingerprint density at radius 1 is 1.32 bits per heavy atom. The van der Waals surface area contributed by atoms with Crippen LogP contribution in [-0.2, 0) is 4.74 Å². The fraction of sp³-hybridized carbons (Fsp3) is 0.300. The van der Waals surface area contributed by atoms with E-state index >= 15 is 0 Å². The average Bonchev–Trinajstić information content (AvgIpc) is 2.93. The van der Waals surface area contributed by atoms with Crippen LogP contribution in [0.1, 0.15) is 48.1 Å². The SMILES string of the molecule is C=C(C)c1c(C2CCOCC2)[nH]c(N)c1/C=C(\N)c1ccccc1O. The Labute approximate surface area is 148 Å². The Hall–Kier alpha value is -2.66. The Kier molecular flexibility index (Phi) is 4.86. The van der Waals surface area contributed by atoms with Gasteiger partial charge in [-0.15, -0.1) is 0 Å². The van der Waals surface area contributed by atoms with E-state index in [4.69, 9.17) is 16.2 Å². The number of phenols is 1. The van der Waals surface area contributed by atoms with E-state index in [0.29, 0.717) is 23.0 Å². The second-order valence-corrected chi connectivity index (χ2v) is 6.52. The van der Waals surface area contributed by atoms with E-state index in [1.807, 2.05) is 19.1 Å². The zero-order valence-corrected chi connectivity index (χ0v) is 14.5. The third kappa shape index (κ3) is 3.42. The van der Waals surface area contributed by atoms with Crippen LogP contribution in [0.5, 0.6) is 5.75 Å². The molecule has 0 saturated carbocycles. The van der Waals surface area contributed by atoms with Crippen molar-refractivity contribution in [2.75, 3.05) is 18.9 Å². The van der Waals surface area contributed by atoms with Gasteiger partial charge in [0.25, 0.3) is 0 Å². The number of aromatic nitrogens is 1. The van der Waals surface area contributed by atoms with Crippen molar-refractivity contribution in [1.82, 2.24) is 4.98 Å². The summed E-state index contributed by atoms with van der Waals surface area (Å²) in [5.41, 5.74) is 17.4. The molecule has 0 radical (unpaired) electrons. The third-order valence-corrected chi connectivity index (χ3v) is 4.67. The predicted molar refractivity (Wildman–Crippen MR) is 103 cm³/mol. The summed E-state index contributed by atoms with van der Waals surface area (Å²) in [5, 5.41) is 10.0. The first kappa shape index (κ1) is 17.2. The first-order valence-electron chi connectivity index (χ1n) is 8.49. The molecule has 6 N–H and O–H groups in total. The molecule has 1 saturated heterocycles. The predicted octanol–water partition coefficient (Wildman–Crippen LogP) is 3.69. The number of nitrogen functional groups attached to an aromatic ring is 1. The molecule has 1 fully saturated rings. The van der Waals surface area contributed by atoms with Crippen molar-refractivity contribution in [3.8, 4) is 5.75 Å². The molecule has 2 heterocycles. The molecule has 0 amide bonds. The fourth-order valence-corrected chi connectivity index (χ4v) is 3.41. The summed E-state index contributed by atoms with van der Waals surface area (Å²) in [6.45, 7) is 7.61. The van der Waals surface area contributed by atoms with Crippen LogP contribution in [0.15, 0.2) is 30.8 Å². The number of H-pyrrole nitrogens is 1. The van der Waals surface area contributed by atoms with Crippen LogP contribution >= 0.6 is 0 Å². The standard InChI is InChI=1S/C20H25N3O2/c1-12(2)18-15(11-16(21)14-5-3-4-6-17(14)24)20(22)23-19(18)13-7-9-25-10-8-13/h3-6,11,13,23-24H,1,7-10,21-22H2,2H3/b16-11-. The van der Waals surface area contributed by atoms with E-state index < -0.39 is 0 Å². The molecule has 0 bridgehead atoms. The van der Waals surface area contributed by atoms with Gasteiger partial charge in [0.2, 0.25) is 0 Å². The van der Waals surface area contributed by atoms with Crippen LogP contribution in [0.4, 0.5) is 5.82 Å². The molecular formula is C20H25N3O2. The first-order chi connectivity index (χ1) is 12.0. The second-order valence-electron chi connectivity index (χ2n) is 6.52. The quantitative estimate of drug-likeness (QED) is 0.683. The van der Waals surface area contributed by atoms with Crippen molar-refractivity contribution in [2.24, 2.45) is 5.73 Å². The number of allylic oxidation sites excluding steroid dienone is 1. The summed E-state index contributed by atoms with van der Waals surface area (Å²) >= 11 is 0. The van der Waals surface area contributed by atoms with Crippen molar-refractivity contribution < 1.29 is 9.84 Å². The highest BCUT2D eigenvalue weighted by Crippen LogP contribution is 2.38. The summed E-state index contributed by atoms with van der Waals surface area (Å²) in [6.07, 6.45) is 3.73. The van der Waals surface area contributed by atoms with Crippen molar-refractivity contribution >= 4 is 23.2 Å². The molecule has 1 aromatic carbocycles. The van der Waals surface area contributed by atoms with Gasteiger partial charge in [-0.25, -0.2) is 0 Å². The summed E-state index contributed by atoms with van der Waals surface area (Å²) in [6, 6.07) is 7.00. The van der Waals surface area contributed by atoms with Crippen molar-refractivity contribution in [1.29, 1.82) is 0 Å². The van der Waals surface area contributed by atoms with Crippen LogP contribution in [0.3, 0.4) is 0 Å². The molecular weight excluding hydrogens is 314 g/mol. The number of benzene rings is 1. The first-order valence-corrected chi connectivity index (χ1v) is 8.49. The lowest BCUT2D eigenvalue weighted by atomic mass is 9.90. The zero-order chi connectivity index (χ0) is 18.0. The largest absolute Gasteiger partial charge is 0.507 e. The Balaban J connectivity index is 2.07. The van der Waals surface area contributed by atoms with Crippen LogP contribution in [0.25, 0.3) is 17.3 Å². The van der Waals surface area contributed by atoms with Crippen molar-refractivity contribution in [2.45, 2.75) is 25.7 Å². The molecule has 1 aliphatic heterocycles. The molecule has 3 rings (SSSR count). The second kappa shape index (κ2) is 7.07. The number of hydrogen-bond acceptors (Lipinski definition) is 4. The van der Waals surface area contributed by atoms with Gasteiger partial charge in [-0.1, -0.05) is 18.7 Å². The molecule has 0 unspecified atom stereocenters. The van der Waals surface area contributed by atoms with Crippen LogP contribution < -0.4 is 11.5 Å². The molecule has 2 aromatic rings. The smallest absolute Gasteiger partial charge is 0.124 e. The highest BCUT2D eigenvalue weighted by Gasteiger charge is 2.24. The van der Waals surface area contributed by atoms with Gasteiger partial charge < -0.3 is 26.3 Å². The van der Waals surface area contributed by atoms with Gasteiger partial charge in [-0.3, -0.25) is 0 Å². The molecule has 132 valence electrons. The molecule has 0 atom stereocenters. The van der Waals surface area contributed by atoms with E-state index in [1.165, 1.54) is 0 Å². The molecule has 5 nitrogen and oxygen atoms in total. The van der Waals surface area contributed by atoms with Crippen molar-refractivity contribution in [3.63, 3.8) is 0 Å². The highest BCUT2D eigenvalue weighted by molar-refractivity contribution is 5.90. The van der Waals surface area contributed by atoms with E-state index in [1.54, 1.807) is 18.2 Å². The number of rotatable bonds is 4. The number of anilines is 1. The van der Waals surface area contributed by atoms with Gasteiger partial charge in [0.05, 0.1) is 0 Å². The van der Waals surface area contributed by atoms with E-state index in [9.17, 15) is 5.11 Å². The average molecular weight is 339 g/mol. The normalized spacial score (nSPS) is 16.1. The maximum Gasteiger partial charge on any atom is 0.124 e. The number of para-hydroxylation sites is 1. The number of aromatic hydroxyl groups is 1. The molecule has 0 aliphatic carbocycles. The van der Waals surface area contributed by atoms with Crippen molar-refractivity contribution in [3.05, 3.63) is 53.2 Å². The van der Waals surface area contributed by atoms with Crippen LogP contribution in [0.2, 0.25) is 0 Å². The van der Waals surface area contributed by atoms with Gasteiger partial charge in [-0.2, -0.15) is 0 Å². The van der Waals surface area contributed by atoms with Gasteiger partial charge in [0.1, 0.15) is 11.6 Å². The van der Waals surface area contributed by atoms with E-state index in [2.05, 4.69) is 11.6 Å². The third-order valence-electron chi connectivity index (χ3n) is 4.67. The number of ether oxygens (including phenoxy) is 1. The number of hydrogen-bond donors (Lipinski definition) is 4. The Morgan fingerprint density at radius 2 is 2.00 bits per heavy atom. The number of aromatic amines is 1. The zero-order valence-electron chi connectivity index (χ0n) is 14.5. The maximum absolute atomic E-state index is 10.0. The Bertz CT molecular complexity index is 814. The Morgan fingerprint density at radius 3 is 2.64 bits per heavy atom. The van der Waals surface area contributed by atoms with Gasteiger partial charge in [0.15, 0.2) is 0 Å². The van der Waals surface area contributed by atoms with E-state index in [0.717, 1.165) is 48.4 Å². The van der Waals surface area contributed by atoms with Gasteiger partial charge in [0, 0.05) is 47.2 Å². The lowest BCUT2D eigenvalue weighted by Crippen LogP contribution is -2.15. The molecule has 5 heteroatoms. The summed E-state index contributed by atoms with van der Waals surface area (Å²) in [5.74, 6) is 1.08. The fourth-order valence-electron chi connectivity index (χ4n) is 3.41. The minimum atomic E-state index is 0.145. The summed E-state index contributed by atoms with van der Waals surface area (Å²) < 4.78 is 5.47. The minimum absolute atomic E-state index is 0.145. The lowest BCUT2D eigenvalue weighted by Gasteiger charge is -2.22. The molecule has 0 spiro atoms. The number of phenolic OH excluding ortho intramolecular Hbond substituents is 1. The van der Waals surface area contributed by atoms with Gasteiger partial charge in [-0.05, 0) is 43.5 Å². The monoisotopic (exact) mass is 339 g/mol. The van der Waals surface area contributed by atoms with Crippen LogP contribution in [0, 0.1) is 0 Å². The lowest BCUT2D eigenvalue weighted by molar-refractivity contribution is 0.0846. The molecule has 1 aliphatic rings. The highest BCUT2D eigenvalue weighted by atomic mass is 16.5. The maximum atomic E-state index is 10.0.